The molecular formula is C22H14ClF3N4O2. The van der Waals surface area contributed by atoms with Gasteiger partial charge in [0.1, 0.15) is 18.3 Å². The minimum absolute atomic E-state index is 0.0343. The van der Waals surface area contributed by atoms with E-state index in [0.717, 1.165) is 10.7 Å². The van der Waals surface area contributed by atoms with Crippen LogP contribution >= 0.6 is 11.6 Å². The molecular weight excluding hydrogens is 445 g/mol. The van der Waals surface area contributed by atoms with Gasteiger partial charge in [-0.3, -0.25) is 9.78 Å². The molecule has 0 bridgehead atoms. The molecule has 4 rings (SSSR count). The number of nitrogens with one attached hydrogen (secondary N) is 2. The fraction of sp³-hybridized carbons (Fsp3) is 0.0455. The van der Waals surface area contributed by atoms with Gasteiger partial charge in [-0.1, -0.05) is 17.7 Å². The van der Waals surface area contributed by atoms with Gasteiger partial charge in [-0.15, -0.1) is 5.10 Å². The summed E-state index contributed by atoms with van der Waals surface area (Å²) in [5.74, 6) is -1.89. The van der Waals surface area contributed by atoms with Crippen molar-refractivity contribution in [2.45, 2.75) is 6.67 Å². The fourth-order valence-corrected chi connectivity index (χ4v) is 3.30. The molecule has 0 fully saturated rings. The molecule has 3 aromatic carbocycles. The number of rotatable bonds is 5. The summed E-state index contributed by atoms with van der Waals surface area (Å²) in [6.07, 6.45) is 0. The van der Waals surface area contributed by atoms with Crippen LogP contribution in [0.3, 0.4) is 0 Å². The van der Waals surface area contributed by atoms with Gasteiger partial charge in [-0.2, -0.15) is 4.68 Å². The van der Waals surface area contributed by atoms with E-state index in [1.54, 1.807) is 0 Å². The summed E-state index contributed by atoms with van der Waals surface area (Å²) >= 11 is 6.02. The molecule has 0 spiro atoms. The molecule has 32 heavy (non-hydrogen) atoms. The lowest BCUT2D eigenvalue weighted by molar-refractivity contribution is 0.102. The van der Waals surface area contributed by atoms with Gasteiger partial charge in [0.2, 0.25) is 0 Å². The van der Waals surface area contributed by atoms with Gasteiger partial charge in [-0.05, 0) is 54.6 Å². The number of benzene rings is 3. The molecule has 1 amide bonds. The van der Waals surface area contributed by atoms with Gasteiger partial charge in [0.05, 0.1) is 16.3 Å². The third-order valence-electron chi connectivity index (χ3n) is 4.64. The average Bonchev–Trinajstić information content (AvgIpc) is 3.16. The Kier molecular flexibility index (Phi) is 5.83. The number of alkyl halides is 1. The number of aromatic nitrogens is 3. The van der Waals surface area contributed by atoms with E-state index in [1.807, 2.05) is 0 Å². The summed E-state index contributed by atoms with van der Waals surface area (Å²) in [7, 11) is 0. The van der Waals surface area contributed by atoms with Crippen molar-refractivity contribution < 1.29 is 18.0 Å². The van der Waals surface area contributed by atoms with Crippen molar-refractivity contribution >= 4 is 23.2 Å². The average molecular weight is 459 g/mol. The van der Waals surface area contributed by atoms with Gasteiger partial charge < -0.3 is 5.32 Å². The Morgan fingerprint density at radius 2 is 1.81 bits per heavy atom. The monoisotopic (exact) mass is 458 g/mol. The first kappa shape index (κ1) is 21.4. The Hall–Kier alpha value is -3.85. The standard InChI is InChI=1S/C22H14ClF3N4O2/c23-16-2-1-3-18(26)19(16)20-28-22(32)30(29-20)15-7-4-12(5-8-15)21(31)27-14-6-9-17(25)13(10-14)11-24/h1-10H,11H2,(H,27,31)(H,28,29,32). The van der Waals surface area contributed by atoms with Crippen LogP contribution in [0.2, 0.25) is 5.02 Å². The maximum absolute atomic E-state index is 14.1. The molecule has 2 N–H and O–H groups in total. The van der Waals surface area contributed by atoms with Crippen LogP contribution in [-0.4, -0.2) is 20.7 Å². The van der Waals surface area contributed by atoms with Crippen LogP contribution in [-0.2, 0) is 6.67 Å². The quantitative estimate of drug-likeness (QED) is 0.447. The SMILES string of the molecule is O=C(Nc1ccc(F)c(CF)c1)c1ccc(-n2nc(-c3c(F)cccc3Cl)[nH]c2=O)cc1. The van der Waals surface area contributed by atoms with Crippen LogP contribution in [0, 0.1) is 11.6 Å². The van der Waals surface area contributed by atoms with E-state index in [9.17, 15) is 22.8 Å². The Morgan fingerprint density at radius 3 is 2.50 bits per heavy atom. The molecule has 0 aliphatic rings. The first-order valence-electron chi connectivity index (χ1n) is 9.27. The topological polar surface area (TPSA) is 79.8 Å². The van der Waals surface area contributed by atoms with Gasteiger partial charge in [0.15, 0.2) is 5.82 Å². The summed E-state index contributed by atoms with van der Waals surface area (Å²) < 4.78 is 41.3. The summed E-state index contributed by atoms with van der Waals surface area (Å²) in [6.45, 7) is -0.997. The molecule has 162 valence electrons. The lowest BCUT2D eigenvalue weighted by Gasteiger charge is -2.08. The fourth-order valence-electron chi connectivity index (χ4n) is 3.05. The first-order valence-corrected chi connectivity index (χ1v) is 9.65. The smallest absolute Gasteiger partial charge is 0.322 e. The van der Waals surface area contributed by atoms with E-state index >= 15 is 0 Å². The highest BCUT2D eigenvalue weighted by Crippen LogP contribution is 2.27. The minimum Gasteiger partial charge on any atom is -0.322 e. The third-order valence-corrected chi connectivity index (χ3v) is 4.95. The Bertz CT molecular complexity index is 1350. The van der Waals surface area contributed by atoms with Crippen LogP contribution in [0.4, 0.5) is 18.9 Å². The molecule has 1 heterocycles. The molecule has 0 atom stereocenters. The van der Waals surface area contributed by atoms with Crippen molar-refractivity contribution in [2.24, 2.45) is 0 Å². The Balaban J connectivity index is 1.57. The second-order valence-electron chi connectivity index (χ2n) is 6.73. The number of hydrogen-bond acceptors (Lipinski definition) is 3. The van der Waals surface area contributed by atoms with E-state index in [-0.39, 0.29) is 33.2 Å². The summed E-state index contributed by atoms with van der Waals surface area (Å²) in [5, 5.41) is 6.74. The first-order chi connectivity index (χ1) is 15.4. The minimum atomic E-state index is -0.997. The summed E-state index contributed by atoms with van der Waals surface area (Å²) in [5.41, 5.74) is -0.0248. The van der Waals surface area contributed by atoms with Crippen LogP contribution < -0.4 is 11.0 Å². The van der Waals surface area contributed by atoms with Crippen LogP contribution in [0.25, 0.3) is 17.1 Å². The Labute approximate surface area is 184 Å². The van der Waals surface area contributed by atoms with Gasteiger partial charge in [-0.25, -0.2) is 18.0 Å². The van der Waals surface area contributed by atoms with Crippen molar-refractivity contribution in [3.8, 4) is 17.1 Å². The molecule has 0 saturated heterocycles. The zero-order chi connectivity index (χ0) is 22.8. The van der Waals surface area contributed by atoms with Crippen molar-refractivity contribution in [2.75, 3.05) is 5.32 Å². The number of anilines is 1. The van der Waals surface area contributed by atoms with Crippen LogP contribution in [0.1, 0.15) is 15.9 Å². The predicted octanol–water partition coefficient (Wildman–Crippen LogP) is 4.88. The summed E-state index contributed by atoms with van der Waals surface area (Å²) in [4.78, 5) is 27.2. The molecule has 10 heteroatoms. The van der Waals surface area contributed by atoms with Crippen molar-refractivity contribution in [1.82, 2.24) is 14.8 Å². The van der Waals surface area contributed by atoms with E-state index in [1.165, 1.54) is 54.6 Å². The highest BCUT2D eigenvalue weighted by Gasteiger charge is 2.16. The van der Waals surface area contributed by atoms with E-state index < -0.39 is 29.9 Å². The molecule has 0 saturated carbocycles. The van der Waals surface area contributed by atoms with Gasteiger partial charge in [0, 0.05) is 16.8 Å². The molecule has 0 unspecified atom stereocenters. The van der Waals surface area contributed by atoms with Crippen LogP contribution in [0.5, 0.6) is 0 Å². The molecule has 0 aliphatic heterocycles. The van der Waals surface area contributed by atoms with Crippen LogP contribution in [0.15, 0.2) is 65.5 Å². The van der Waals surface area contributed by atoms with E-state index in [4.69, 9.17) is 11.6 Å². The Morgan fingerprint density at radius 1 is 1.06 bits per heavy atom. The number of carbonyl (C=O) groups excluding carboxylic acids is 1. The molecule has 4 aromatic rings. The second kappa shape index (κ2) is 8.72. The molecule has 0 radical (unpaired) electrons. The number of aromatic amines is 1. The number of amides is 1. The van der Waals surface area contributed by atoms with Gasteiger partial charge >= 0.3 is 5.69 Å². The highest BCUT2D eigenvalue weighted by atomic mass is 35.5. The van der Waals surface area contributed by atoms with E-state index in [2.05, 4.69) is 15.4 Å². The zero-order valence-corrected chi connectivity index (χ0v) is 17.0. The number of halogens is 4. The predicted molar refractivity (Wildman–Crippen MR) is 114 cm³/mol. The largest absolute Gasteiger partial charge is 0.348 e. The molecule has 1 aromatic heterocycles. The third kappa shape index (κ3) is 4.15. The normalized spacial score (nSPS) is 10.9. The maximum atomic E-state index is 14.1. The summed E-state index contributed by atoms with van der Waals surface area (Å²) in [6, 6.07) is 13.5. The second-order valence-corrected chi connectivity index (χ2v) is 7.14. The number of carbonyl (C=O) groups is 1. The number of H-pyrrole nitrogens is 1. The zero-order valence-electron chi connectivity index (χ0n) is 16.2. The van der Waals surface area contributed by atoms with Gasteiger partial charge in [0.25, 0.3) is 5.91 Å². The lowest BCUT2D eigenvalue weighted by atomic mass is 10.1. The van der Waals surface area contributed by atoms with Crippen molar-refractivity contribution in [3.05, 3.63) is 98.9 Å². The molecule has 6 nitrogen and oxygen atoms in total. The highest BCUT2D eigenvalue weighted by molar-refractivity contribution is 6.33. The number of hydrogen-bond donors (Lipinski definition) is 2. The van der Waals surface area contributed by atoms with Crippen molar-refractivity contribution in [1.29, 1.82) is 0 Å². The lowest BCUT2D eigenvalue weighted by Crippen LogP contribution is -2.16. The maximum Gasteiger partial charge on any atom is 0.348 e. The van der Waals surface area contributed by atoms with Crippen molar-refractivity contribution in [3.63, 3.8) is 0 Å². The number of nitrogens with zero attached hydrogens (tertiary/aromatic N) is 2. The van der Waals surface area contributed by atoms with E-state index in [0.29, 0.717) is 5.69 Å². The molecule has 0 aliphatic carbocycles.